The summed E-state index contributed by atoms with van der Waals surface area (Å²) >= 11 is 0. The molecular formula is C20H29ClN2O4. The molecular weight excluding hydrogens is 368 g/mol. The number of aliphatic hydroxyl groups is 1. The van der Waals surface area contributed by atoms with E-state index in [1.165, 1.54) is 25.7 Å². The zero-order valence-corrected chi connectivity index (χ0v) is 16.8. The minimum absolute atomic E-state index is 0. The summed E-state index contributed by atoms with van der Waals surface area (Å²) in [6, 6.07) is 3.99. The number of hydrogen-bond donors (Lipinski definition) is 2. The molecule has 1 aromatic carbocycles. The molecule has 1 saturated heterocycles. The lowest BCUT2D eigenvalue weighted by Crippen LogP contribution is -2.48. The molecule has 0 aromatic heterocycles. The molecule has 4 unspecified atom stereocenters. The number of hydrogen-bond acceptors (Lipinski definition) is 5. The first-order chi connectivity index (χ1) is 12.6. The van der Waals surface area contributed by atoms with Crippen molar-refractivity contribution in [2.75, 3.05) is 20.8 Å². The van der Waals surface area contributed by atoms with Crippen LogP contribution in [0.3, 0.4) is 0 Å². The highest BCUT2D eigenvalue weighted by molar-refractivity contribution is 5.85. The maximum Gasteiger partial charge on any atom is 0.240 e. The molecule has 0 radical (unpaired) electrons. The van der Waals surface area contributed by atoms with Crippen molar-refractivity contribution in [3.05, 3.63) is 23.3 Å². The molecule has 2 N–H and O–H groups in total. The van der Waals surface area contributed by atoms with Crippen LogP contribution >= 0.6 is 12.4 Å². The van der Waals surface area contributed by atoms with E-state index in [0.717, 1.165) is 17.5 Å². The van der Waals surface area contributed by atoms with Gasteiger partial charge in [-0.2, -0.15) is 0 Å². The minimum Gasteiger partial charge on any atom is -0.496 e. The molecule has 150 valence electrons. The Morgan fingerprint density at radius 1 is 1.19 bits per heavy atom. The molecule has 0 spiro atoms. The van der Waals surface area contributed by atoms with Crippen LogP contribution in [0.15, 0.2) is 12.1 Å². The number of carbonyl (C=O) groups excluding carboxylic acids is 1. The molecule has 2 aliphatic heterocycles. The Morgan fingerprint density at radius 2 is 1.89 bits per heavy atom. The number of benzene rings is 1. The normalized spacial score (nSPS) is 29.4. The molecule has 7 heteroatoms. The summed E-state index contributed by atoms with van der Waals surface area (Å²) < 4.78 is 10.9. The van der Waals surface area contributed by atoms with Crippen LogP contribution in [-0.4, -0.2) is 48.8 Å². The van der Waals surface area contributed by atoms with Crippen molar-refractivity contribution in [3.8, 4) is 11.5 Å². The molecule has 2 heterocycles. The lowest BCUT2D eigenvalue weighted by atomic mass is 9.85. The third-order valence-corrected chi connectivity index (χ3v) is 6.26. The van der Waals surface area contributed by atoms with Crippen molar-refractivity contribution in [3.63, 3.8) is 0 Å². The van der Waals surface area contributed by atoms with Crippen molar-refractivity contribution in [2.45, 2.75) is 56.8 Å². The number of methoxy groups -OCH3 is 2. The highest BCUT2D eigenvalue weighted by Gasteiger charge is 2.41. The fourth-order valence-electron chi connectivity index (χ4n) is 4.98. The van der Waals surface area contributed by atoms with Crippen molar-refractivity contribution < 1.29 is 19.4 Å². The maximum atomic E-state index is 13.1. The maximum absolute atomic E-state index is 13.1. The van der Waals surface area contributed by atoms with Gasteiger partial charge in [-0.25, -0.2) is 0 Å². The van der Waals surface area contributed by atoms with Gasteiger partial charge >= 0.3 is 0 Å². The fourth-order valence-corrected chi connectivity index (χ4v) is 4.98. The summed E-state index contributed by atoms with van der Waals surface area (Å²) in [6.45, 7) is 0.738. The third-order valence-electron chi connectivity index (χ3n) is 6.26. The molecule has 4 atom stereocenters. The number of nitrogens with one attached hydrogen (secondary N) is 1. The van der Waals surface area contributed by atoms with Crippen molar-refractivity contribution in [1.29, 1.82) is 0 Å². The van der Waals surface area contributed by atoms with Gasteiger partial charge in [-0.15, -0.1) is 12.4 Å². The molecule has 2 fully saturated rings. The average molecular weight is 397 g/mol. The Hall–Kier alpha value is -1.50. The van der Waals surface area contributed by atoms with E-state index in [0.29, 0.717) is 36.5 Å². The Bertz CT molecular complexity index is 685. The van der Waals surface area contributed by atoms with E-state index in [1.807, 2.05) is 12.1 Å². The monoisotopic (exact) mass is 396 g/mol. The molecule has 1 aromatic rings. The molecule has 1 aliphatic carbocycles. The lowest BCUT2D eigenvalue weighted by molar-refractivity contribution is -0.136. The number of carbonyl (C=O) groups is 1. The van der Waals surface area contributed by atoms with Gasteiger partial charge in [-0.3, -0.25) is 4.79 Å². The quantitative estimate of drug-likeness (QED) is 0.821. The summed E-state index contributed by atoms with van der Waals surface area (Å²) in [5.41, 5.74) is 1.58. The molecule has 3 aliphatic rings. The smallest absolute Gasteiger partial charge is 0.240 e. The zero-order valence-electron chi connectivity index (χ0n) is 15.9. The summed E-state index contributed by atoms with van der Waals surface area (Å²) in [4.78, 5) is 14.9. The molecule has 6 nitrogen and oxygen atoms in total. The van der Waals surface area contributed by atoms with Crippen LogP contribution < -0.4 is 14.8 Å². The number of fused-ring (bicyclic) bond motifs is 2. The molecule has 4 rings (SSSR count). The first-order valence-corrected chi connectivity index (χ1v) is 9.59. The van der Waals surface area contributed by atoms with Gasteiger partial charge in [0, 0.05) is 23.7 Å². The number of β-amino-alcohol motifs (C(OH)–C–C–N with tert-alkyl or cyclic N) is 1. The van der Waals surface area contributed by atoms with Gasteiger partial charge in [0.15, 0.2) is 0 Å². The predicted molar refractivity (Wildman–Crippen MR) is 104 cm³/mol. The van der Waals surface area contributed by atoms with E-state index in [4.69, 9.17) is 9.47 Å². The van der Waals surface area contributed by atoms with Crippen LogP contribution in [-0.2, 0) is 11.3 Å². The predicted octanol–water partition coefficient (Wildman–Crippen LogP) is 2.42. The van der Waals surface area contributed by atoms with Gasteiger partial charge in [0.1, 0.15) is 17.6 Å². The van der Waals surface area contributed by atoms with Crippen LogP contribution in [0.25, 0.3) is 0 Å². The molecule has 27 heavy (non-hydrogen) atoms. The van der Waals surface area contributed by atoms with Gasteiger partial charge in [0.05, 0.1) is 26.8 Å². The number of ether oxygens (including phenoxy) is 2. The zero-order chi connectivity index (χ0) is 18.3. The second kappa shape index (κ2) is 8.25. The van der Waals surface area contributed by atoms with E-state index >= 15 is 0 Å². The van der Waals surface area contributed by atoms with Gasteiger partial charge in [0.2, 0.25) is 5.91 Å². The molecule has 1 saturated carbocycles. The minimum atomic E-state index is -0.767. The van der Waals surface area contributed by atoms with Crippen LogP contribution in [0.4, 0.5) is 0 Å². The highest BCUT2D eigenvalue weighted by atomic mass is 35.5. The Labute approximate surface area is 166 Å². The SMILES string of the molecule is COc1ccc(OC)c2c1CN(C(=O)C1CC3CCCCC3N1)CC2O.Cl. The number of halogens is 1. The highest BCUT2D eigenvalue weighted by Crippen LogP contribution is 2.40. The van der Waals surface area contributed by atoms with Crippen LogP contribution in [0.2, 0.25) is 0 Å². The first-order valence-electron chi connectivity index (χ1n) is 9.59. The standard InChI is InChI=1S/C20H28N2O4.ClH/c1-25-17-7-8-18(26-2)19-13(17)10-22(11-16(19)23)20(24)15-9-12-5-3-4-6-14(12)21-15;/h7-8,12,14-16,21,23H,3-6,9-11H2,1-2H3;1H. The van der Waals surface area contributed by atoms with E-state index in [9.17, 15) is 9.90 Å². The lowest BCUT2D eigenvalue weighted by Gasteiger charge is -2.35. The van der Waals surface area contributed by atoms with Crippen molar-refractivity contribution in [2.24, 2.45) is 5.92 Å². The van der Waals surface area contributed by atoms with Crippen molar-refractivity contribution >= 4 is 18.3 Å². The second-order valence-electron chi connectivity index (χ2n) is 7.70. The van der Waals surface area contributed by atoms with E-state index < -0.39 is 6.10 Å². The van der Waals surface area contributed by atoms with E-state index in [2.05, 4.69) is 5.32 Å². The number of rotatable bonds is 3. The average Bonchev–Trinajstić information content (AvgIpc) is 3.10. The number of amides is 1. The summed E-state index contributed by atoms with van der Waals surface area (Å²) in [5, 5.41) is 14.3. The summed E-state index contributed by atoms with van der Waals surface area (Å²) in [6.07, 6.45) is 5.07. The van der Waals surface area contributed by atoms with Gasteiger partial charge in [0.25, 0.3) is 0 Å². The number of nitrogens with zero attached hydrogens (tertiary/aromatic N) is 1. The first kappa shape index (κ1) is 20.2. The van der Waals surface area contributed by atoms with Crippen LogP contribution in [0.1, 0.15) is 49.3 Å². The summed E-state index contributed by atoms with van der Waals surface area (Å²) in [5.74, 6) is 2.04. The molecule has 0 bridgehead atoms. The largest absolute Gasteiger partial charge is 0.496 e. The van der Waals surface area contributed by atoms with Crippen LogP contribution in [0, 0.1) is 5.92 Å². The van der Waals surface area contributed by atoms with E-state index in [1.54, 1.807) is 19.1 Å². The van der Waals surface area contributed by atoms with Gasteiger partial charge in [-0.1, -0.05) is 12.8 Å². The number of aliphatic hydroxyl groups excluding tert-OH is 1. The Balaban J connectivity index is 0.00000210. The van der Waals surface area contributed by atoms with Gasteiger partial charge in [-0.05, 0) is 37.3 Å². The topological polar surface area (TPSA) is 71.0 Å². The fraction of sp³-hybridized carbons (Fsp3) is 0.650. The van der Waals surface area contributed by atoms with Gasteiger partial charge < -0.3 is 24.8 Å². The third kappa shape index (κ3) is 3.62. The van der Waals surface area contributed by atoms with E-state index in [-0.39, 0.29) is 24.4 Å². The second-order valence-corrected chi connectivity index (χ2v) is 7.70. The summed E-state index contributed by atoms with van der Waals surface area (Å²) in [7, 11) is 3.20. The Kier molecular flexibility index (Phi) is 6.18. The van der Waals surface area contributed by atoms with Crippen molar-refractivity contribution in [1.82, 2.24) is 10.2 Å². The Morgan fingerprint density at radius 3 is 2.59 bits per heavy atom. The molecule has 1 amide bonds. The van der Waals surface area contributed by atoms with Crippen LogP contribution in [0.5, 0.6) is 11.5 Å².